The fourth-order valence-corrected chi connectivity index (χ4v) is 1.29. The highest BCUT2D eigenvalue weighted by Gasteiger charge is 2.34. The first-order valence-corrected chi connectivity index (χ1v) is 4.48. The van der Waals surface area contributed by atoms with Crippen LogP contribution in [0, 0.1) is 6.92 Å². The molecular formula is C9H11F3N2O. The van der Waals surface area contributed by atoms with Gasteiger partial charge in [0.25, 0.3) is 0 Å². The quantitative estimate of drug-likeness (QED) is 0.733. The zero-order valence-corrected chi connectivity index (χ0v) is 8.38. The van der Waals surface area contributed by atoms with Gasteiger partial charge < -0.3 is 4.79 Å². The Morgan fingerprint density at radius 3 is 2.53 bits per heavy atom. The summed E-state index contributed by atoms with van der Waals surface area (Å²) in [7, 11) is 0. The van der Waals surface area contributed by atoms with Gasteiger partial charge in [0.1, 0.15) is 12.3 Å². The van der Waals surface area contributed by atoms with Crippen LogP contribution in [-0.4, -0.2) is 16.1 Å². The van der Waals surface area contributed by atoms with E-state index in [1.807, 2.05) is 0 Å². The molecule has 0 aliphatic heterocycles. The van der Waals surface area contributed by atoms with Crippen LogP contribution in [0.15, 0.2) is 6.07 Å². The smallest absolute Gasteiger partial charge is 0.301 e. The molecule has 6 heteroatoms. The molecule has 0 spiro atoms. The van der Waals surface area contributed by atoms with E-state index in [4.69, 9.17) is 0 Å². The van der Waals surface area contributed by atoms with Crippen LogP contribution in [-0.2, 0) is 11.0 Å². The number of aromatic nitrogens is 2. The molecule has 0 saturated heterocycles. The average molecular weight is 220 g/mol. The first-order valence-electron chi connectivity index (χ1n) is 4.48. The number of halogens is 3. The van der Waals surface area contributed by atoms with E-state index in [0.717, 1.165) is 10.7 Å². The van der Waals surface area contributed by atoms with Crippen LogP contribution in [0.2, 0.25) is 0 Å². The Hall–Kier alpha value is -1.33. The van der Waals surface area contributed by atoms with Gasteiger partial charge in [-0.05, 0) is 19.4 Å². The van der Waals surface area contributed by atoms with Crippen molar-refractivity contribution in [3.05, 3.63) is 17.5 Å². The number of hydrogen-bond acceptors (Lipinski definition) is 2. The average Bonchev–Trinajstić information content (AvgIpc) is 2.50. The first-order chi connectivity index (χ1) is 6.90. The van der Waals surface area contributed by atoms with Crippen molar-refractivity contribution in [2.45, 2.75) is 32.5 Å². The Balaban J connectivity index is 3.11. The summed E-state index contributed by atoms with van der Waals surface area (Å²) < 4.78 is 38.0. The molecule has 3 nitrogen and oxygen atoms in total. The van der Waals surface area contributed by atoms with E-state index in [2.05, 4.69) is 5.10 Å². The van der Waals surface area contributed by atoms with E-state index in [9.17, 15) is 18.0 Å². The van der Waals surface area contributed by atoms with Gasteiger partial charge in [-0.1, -0.05) is 6.92 Å². The molecule has 0 radical (unpaired) electrons. The maximum Gasteiger partial charge on any atom is 0.435 e. The van der Waals surface area contributed by atoms with Gasteiger partial charge in [-0.3, -0.25) is 4.68 Å². The summed E-state index contributed by atoms with van der Waals surface area (Å²) in [6.07, 6.45) is -3.44. The lowest BCUT2D eigenvalue weighted by Crippen LogP contribution is -2.14. The molecule has 0 aliphatic carbocycles. The monoisotopic (exact) mass is 220 g/mol. The summed E-state index contributed by atoms with van der Waals surface area (Å²) in [5.41, 5.74) is -0.624. The van der Waals surface area contributed by atoms with E-state index in [1.165, 1.54) is 6.92 Å². The Morgan fingerprint density at radius 1 is 1.60 bits per heavy atom. The van der Waals surface area contributed by atoms with Gasteiger partial charge in [0.05, 0.1) is 0 Å². The molecule has 0 aromatic carbocycles. The van der Waals surface area contributed by atoms with Crippen molar-refractivity contribution in [2.24, 2.45) is 0 Å². The van der Waals surface area contributed by atoms with E-state index < -0.39 is 17.9 Å². The minimum absolute atomic E-state index is 0.335. The second-order valence-electron chi connectivity index (χ2n) is 3.22. The van der Waals surface area contributed by atoms with Crippen molar-refractivity contribution in [1.29, 1.82) is 0 Å². The first kappa shape index (κ1) is 11.7. The van der Waals surface area contributed by atoms with E-state index in [-0.39, 0.29) is 0 Å². The van der Waals surface area contributed by atoms with Crippen molar-refractivity contribution in [2.75, 3.05) is 0 Å². The number of rotatable bonds is 3. The Kier molecular flexibility index (Phi) is 3.16. The molecule has 0 fully saturated rings. The summed E-state index contributed by atoms with van der Waals surface area (Å²) >= 11 is 0. The van der Waals surface area contributed by atoms with Crippen molar-refractivity contribution in [3.63, 3.8) is 0 Å². The molecular weight excluding hydrogens is 209 g/mol. The molecule has 1 unspecified atom stereocenters. The molecule has 1 aromatic rings. The molecule has 0 bridgehead atoms. The molecule has 0 N–H and O–H groups in total. The highest BCUT2D eigenvalue weighted by Crippen LogP contribution is 2.29. The van der Waals surface area contributed by atoms with E-state index >= 15 is 0 Å². The molecule has 1 rings (SSSR count). The summed E-state index contributed by atoms with van der Waals surface area (Å²) in [4.78, 5) is 10.6. The van der Waals surface area contributed by atoms with Crippen LogP contribution in [0.1, 0.15) is 30.8 Å². The lowest BCUT2D eigenvalue weighted by atomic mass is 10.2. The summed E-state index contributed by atoms with van der Waals surface area (Å²) in [6.45, 7) is 3.21. The van der Waals surface area contributed by atoms with Crippen LogP contribution in [0.3, 0.4) is 0 Å². The van der Waals surface area contributed by atoms with Gasteiger partial charge in [-0.15, -0.1) is 0 Å². The van der Waals surface area contributed by atoms with Crippen LogP contribution >= 0.6 is 0 Å². The molecule has 0 aliphatic rings. The number of carbonyl (C=O) groups excluding carboxylic acids is 1. The number of nitrogens with zero attached hydrogens (tertiary/aromatic N) is 2. The third kappa shape index (κ3) is 2.37. The molecule has 1 atom stereocenters. The van der Waals surface area contributed by atoms with Gasteiger partial charge >= 0.3 is 6.18 Å². The molecule has 0 saturated carbocycles. The third-order valence-corrected chi connectivity index (χ3v) is 2.10. The van der Waals surface area contributed by atoms with Crippen molar-refractivity contribution >= 4 is 6.29 Å². The fourth-order valence-electron chi connectivity index (χ4n) is 1.29. The Morgan fingerprint density at radius 2 is 2.20 bits per heavy atom. The van der Waals surface area contributed by atoms with Gasteiger partial charge in [-0.25, -0.2) is 0 Å². The number of hydrogen-bond donors (Lipinski definition) is 0. The molecule has 15 heavy (non-hydrogen) atoms. The number of aldehydes is 1. The van der Waals surface area contributed by atoms with Crippen LogP contribution in [0.25, 0.3) is 0 Å². The summed E-state index contributed by atoms with van der Waals surface area (Å²) in [6, 6.07) is 0.313. The van der Waals surface area contributed by atoms with Crippen LogP contribution < -0.4 is 0 Å². The van der Waals surface area contributed by atoms with Crippen molar-refractivity contribution in [1.82, 2.24) is 9.78 Å². The summed E-state index contributed by atoms with van der Waals surface area (Å²) in [5.74, 6) is 0. The minimum atomic E-state index is -4.46. The number of aryl methyl sites for hydroxylation is 1. The molecule has 84 valence electrons. The lowest BCUT2D eigenvalue weighted by Gasteiger charge is -2.09. The second kappa shape index (κ2) is 4.04. The number of alkyl halides is 3. The predicted molar refractivity (Wildman–Crippen MR) is 47.4 cm³/mol. The van der Waals surface area contributed by atoms with Crippen molar-refractivity contribution < 1.29 is 18.0 Å². The van der Waals surface area contributed by atoms with Crippen LogP contribution in [0.4, 0.5) is 13.2 Å². The summed E-state index contributed by atoms with van der Waals surface area (Å²) in [5, 5.41) is 3.38. The second-order valence-corrected chi connectivity index (χ2v) is 3.22. The number of carbonyl (C=O) groups is 1. The third-order valence-electron chi connectivity index (χ3n) is 2.10. The van der Waals surface area contributed by atoms with Gasteiger partial charge in [0.15, 0.2) is 5.69 Å². The lowest BCUT2D eigenvalue weighted by molar-refractivity contribution is -0.141. The van der Waals surface area contributed by atoms with Crippen LogP contribution in [0.5, 0.6) is 0 Å². The van der Waals surface area contributed by atoms with Gasteiger partial charge in [-0.2, -0.15) is 18.3 Å². The fraction of sp³-hybridized carbons (Fsp3) is 0.556. The molecule has 0 amide bonds. The SMILES string of the molecule is CCC(C=O)n1nc(C(F)(F)F)cc1C. The maximum atomic E-state index is 12.3. The largest absolute Gasteiger partial charge is 0.435 e. The molecule has 1 aromatic heterocycles. The van der Waals surface area contributed by atoms with E-state index in [0.29, 0.717) is 18.4 Å². The zero-order valence-electron chi connectivity index (χ0n) is 8.38. The predicted octanol–water partition coefficient (Wildman–Crippen LogP) is 2.36. The van der Waals surface area contributed by atoms with Gasteiger partial charge in [0.2, 0.25) is 0 Å². The van der Waals surface area contributed by atoms with E-state index in [1.54, 1.807) is 6.92 Å². The zero-order chi connectivity index (χ0) is 11.6. The standard InChI is InChI=1S/C9H11F3N2O/c1-3-7(5-15)14-6(2)4-8(13-14)9(10,11)12/h4-5,7H,3H2,1-2H3. The minimum Gasteiger partial charge on any atom is -0.301 e. The highest BCUT2D eigenvalue weighted by molar-refractivity contribution is 5.55. The van der Waals surface area contributed by atoms with Gasteiger partial charge in [0, 0.05) is 5.69 Å². The Bertz CT molecular complexity index is 357. The normalized spacial score (nSPS) is 13.9. The Labute approximate surface area is 84.9 Å². The maximum absolute atomic E-state index is 12.3. The van der Waals surface area contributed by atoms with Crippen molar-refractivity contribution in [3.8, 4) is 0 Å². The topological polar surface area (TPSA) is 34.9 Å². The molecule has 1 heterocycles. The highest BCUT2D eigenvalue weighted by atomic mass is 19.4.